The smallest absolute Gasteiger partial charge is 0.156 e. The van der Waals surface area contributed by atoms with Gasteiger partial charge in [-0.1, -0.05) is 116 Å². The number of pyridine rings is 2. The molecule has 5 aromatic carbocycles. The molecule has 0 atom stereocenters. The van der Waals surface area contributed by atoms with Gasteiger partial charge in [-0.15, -0.1) is 23.8 Å². The maximum absolute atomic E-state index is 11.3. The number of hydrogen-bond acceptors (Lipinski definition) is 4. The van der Waals surface area contributed by atoms with Gasteiger partial charge in [0.15, 0.2) is 5.75 Å². The Bertz CT molecular complexity index is 2360. The largest absolute Gasteiger partial charge is 0.504 e. The first kappa shape index (κ1) is 31.1. The molecule has 0 amide bonds. The molecule has 0 radical (unpaired) electrons. The Morgan fingerprint density at radius 3 is 2.25 bits per heavy atom. The van der Waals surface area contributed by atoms with Crippen LogP contribution in [0.3, 0.4) is 0 Å². The van der Waals surface area contributed by atoms with Gasteiger partial charge >= 0.3 is 0 Å². The number of phenols is 1. The number of aromatic nitrogens is 2. The molecule has 0 unspecified atom stereocenters. The molecule has 1 aliphatic rings. The Labute approximate surface area is 295 Å². The van der Waals surface area contributed by atoms with E-state index in [0.717, 1.165) is 50.4 Å². The summed E-state index contributed by atoms with van der Waals surface area (Å²) in [5, 5.41) is 12.1. The van der Waals surface area contributed by atoms with E-state index in [1.54, 1.807) is 0 Å². The monoisotopic (exact) mass is 799 g/mol. The van der Waals surface area contributed by atoms with E-state index in [4.69, 9.17) is 9.97 Å². The summed E-state index contributed by atoms with van der Waals surface area (Å²) >= 11 is 0. The summed E-state index contributed by atoms with van der Waals surface area (Å²) in [6, 6.07) is 48.6. The Balaban J connectivity index is 0.00000364. The van der Waals surface area contributed by atoms with E-state index in [9.17, 15) is 5.11 Å². The first-order chi connectivity index (χ1) is 23.0. The molecule has 0 bridgehead atoms. The minimum atomic E-state index is -0.268. The number of nitrogens with zero attached hydrogens (tertiary/aromatic N) is 3. The van der Waals surface area contributed by atoms with Gasteiger partial charge in [0.1, 0.15) is 11.3 Å². The molecule has 48 heavy (non-hydrogen) atoms. The van der Waals surface area contributed by atoms with Crippen LogP contribution in [0.25, 0.3) is 33.3 Å². The molecule has 7 aromatic rings. The van der Waals surface area contributed by atoms with E-state index in [1.807, 2.05) is 72.9 Å². The summed E-state index contributed by atoms with van der Waals surface area (Å²) in [5.41, 5.74) is 9.79. The minimum Gasteiger partial charge on any atom is -0.504 e. The van der Waals surface area contributed by atoms with Crippen molar-refractivity contribution in [3.05, 3.63) is 168 Å². The van der Waals surface area contributed by atoms with E-state index in [0.29, 0.717) is 16.8 Å². The van der Waals surface area contributed by atoms with Crippen LogP contribution in [0.2, 0.25) is 0 Å². The van der Waals surface area contributed by atoms with Crippen LogP contribution in [-0.2, 0) is 26.5 Å². The summed E-state index contributed by atoms with van der Waals surface area (Å²) in [4.78, 5) is 12.1. The predicted molar refractivity (Wildman–Crippen MR) is 190 cm³/mol. The zero-order valence-corrected chi connectivity index (χ0v) is 28.7. The number of hydrogen-bond donors (Lipinski definition) is 1. The molecule has 2 aromatic heterocycles. The third-order valence-electron chi connectivity index (χ3n) is 8.95. The second-order valence-corrected chi connectivity index (χ2v) is 12.2. The molecule has 4 nitrogen and oxygen atoms in total. The summed E-state index contributed by atoms with van der Waals surface area (Å²) in [6.45, 7) is 4.52. The maximum atomic E-state index is 11.3. The van der Waals surface area contributed by atoms with Crippen molar-refractivity contribution in [2.45, 2.75) is 19.3 Å². The van der Waals surface area contributed by atoms with Crippen molar-refractivity contribution in [1.29, 1.82) is 0 Å². The van der Waals surface area contributed by atoms with E-state index < -0.39 is 0 Å². The molecule has 0 saturated carbocycles. The van der Waals surface area contributed by atoms with Crippen LogP contribution in [0.4, 0.5) is 17.2 Å². The molecule has 0 fully saturated rings. The van der Waals surface area contributed by atoms with Crippen LogP contribution in [0.5, 0.6) is 5.75 Å². The number of para-hydroxylation sites is 1. The van der Waals surface area contributed by atoms with Gasteiger partial charge in [-0.25, -0.2) is 4.98 Å². The molecule has 1 N–H and O–H groups in total. The molecular formula is C43H30N3OPt-. The van der Waals surface area contributed by atoms with Crippen LogP contribution in [0.15, 0.2) is 140 Å². The second-order valence-electron chi connectivity index (χ2n) is 12.2. The zero-order chi connectivity index (χ0) is 32.0. The van der Waals surface area contributed by atoms with Crippen molar-refractivity contribution in [3.8, 4) is 40.0 Å². The van der Waals surface area contributed by atoms with Crippen molar-refractivity contribution in [2.75, 3.05) is 4.90 Å². The van der Waals surface area contributed by atoms with Crippen molar-refractivity contribution in [3.63, 3.8) is 0 Å². The first-order valence-corrected chi connectivity index (χ1v) is 15.7. The standard InChI is InChI=1S/C43H30N3O.Pt/c1-43(2)35-15-9-10-16-38(35)46(40-28-33(25-26-44-40)30-13-7-4-8-14-30)39-27-34(21-23-36(39)43)37-24-22-31-19-20-32(42(47)41(31)45-37)18-17-29-11-5-3-6-12-29;/h3-16,19-26,28,47H,1-2H3;/q-1;. The summed E-state index contributed by atoms with van der Waals surface area (Å²) in [7, 11) is 0. The molecule has 5 heteroatoms. The summed E-state index contributed by atoms with van der Waals surface area (Å²) in [6.07, 6.45) is 1.87. The average molecular weight is 800 g/mol. The van der Waals surface area contributed by atoms with Crippen LogP contribution >= 0.6 is 0 Å². The number of anilines is 3. The Kier molecular flexibility index (Phi) is 8.17. The fourth-order valence-electron chi connectivity index (χ4n) is 6.45. The van der Waals surface area contributed by atoms with Gasteiger partial charge in [0.2, 0.25) is 0 Å². The fraction of sp³-hybridized carbons (Fsp3) is 0.0698. The molecule has 0 spiro atoms. The van der Waals surface area contributed by atoms with Gasteiger partial charge in [0.25, 0.3) is 0 Å². The third kappa shape index (κ3) is 5.47. The van der Waals surface area contributed by atoms with Gasteiger partial charge in [-0.2, -0.15) is 0 Å². The number of fused-ring (bicyclic) bond motifs is 3. The van der Waals surface area contributed by atoms with E-state index in [1.165, 1.54) is 5.56 Å². The molecule has 3 heterocycles. The molecule has 8 rings (SSSR count). The van der Waals surface area contributed by atoms with Crippen LogP contribution in [0.1, 0.15) is 36.1 Å². The number of phenolic OH excluding ortho intramolecular Hbond substituents is 1. The van der Waals surface area contributed by atoms with Crippen LogP contribution in [0, 0.1) is 17.9 Å². The van der Waals surface area contributed by atoms with Crippen molar-refractivity contribution >= 4 is 28.1 Å². The fourth-order valence-corrected chi connectivity index (χ4v) is 6.45. The molecule has 1 aliphatic heterocycles. The van der Waals surface area contributed by atoms with Gasteiger partial charge in [0, 0.05) is 43.9 Å². The van der Waals surface area contributed by atoms with Crippen LogP contribution in [-0.4, -0.2) is 15.1 Å². The number of aromatic hydroxyl groups is 1. The van der Waals surface area contributed by atoms with Crippen LogP contribution < -0.4 is 4.90 Å². The Morgan fingerprint density at radius 1 is 0.708 bits per heavy atom. The van der Waals surface area contributed by atoms with Gasteiger partial charge < -0.3 is 10.0 Å². The van der Waals surface area contributed by atoms with Gasteiger partial charge in [0.05, 0.1) is 5.56 Å². The predicted octanol–water partition coefficient (Wildman–Crippen LogP) is 9.98. The van der Waals surface area contributed by atoms with Crippen molar-refractivity contribution < 1.29 is 26.2 Å². The van der Waals surface area contributed by atoms with E-state index in [-0.39, 0.29) is 32.2 Å². The molecule has 0 saturated heterocycles. The molecule has 0 aliphatic carbocycles. The van der Waals surface area contributed by atoms with Crippen molar-refractivity contribution in [1.82, 2.24) is 9.97 Å². The quantitative estimate of drug-likeness (QED) is 0.143. The summed E-state index contributed by atoms with van der Waals surface area (Å²) in [5.74, 6) is 7.15. The SMILES string of the molecule is CC1(C)c2ccc(-c3ccc4ccc(C#Cc5ccccc5)c(O)c4n3)[c-]c2N(c2cc(-c3ccccc3)ccn2)c2ccccc21.[Pt]. The topological polar surface area (TPSA) is 49.3 Å². The second kappa shape index (κ2) is 12.6. The normalized spacial score (nSPS) is 12.7. The molecule has 234 valence electrons. The maximum Gasteiger partial charge on any atom is 0.156 e. The van der Waals surface area contributed by atoms with Crippen molar-refractivity contribution in [2.24, 2.45) is 0 Å². The number of benzene rings is 5. The first-order valence-electron chi connectivity index (χ1n) is 15.7. The Hall–Kier alpha value is -5.49. The number of rotatable bonds is 3. The van der Waals surface area contributed by atoms with Gasteiger partial charge in [-0.3, -0.25) is 4.98 Å². The van der Waals surface area contributed by atoms with E-state index in [2.05, 4.69) is 103 Å². The minimum absolute atomic E-state index is 0. The average Bonchev–Trinajstić information content (AvgIpc) is 3.12. The Morgan fingerprint density at radius 2 is 1.44 bits per heavy atom. The zero-order valence-electron chi connectivity index (χ0n) is 26.4. The summed E-state index contributed by atoms with van der Waals surface area (Å²) < 4.78 is 0. The van der Waals surface area contributed by atoms with E-state index >= 15 is 0 Å². The molecular weight excluding hydrogens is 770 g/mol. The third-order valence-corrected chi connectivity index (χ3v) is 8.95. The van der Waals surface area contributed by atoms with Gasteiger partial charge in [-0.05, 0) is 69.9 Å².